The number of aryl methyl sites for hydroxylation is 1. The maximum absolute atomic E-state index is 12.6. The molecule has 0 saturated heterocycles. The Bertz CT molecular complexity index is 842. The smallest absolute Gasteiger partial charge is 0.263 e. The van der Waals surface area contributed by atoms with Gasteiger partial charge in [-0.15, -0.1) is 10.2 Å². The number of para-hydroxylation sites is 1. The molecule has 3 aromatic rings. The van der Waals surface area contributed by atoms with E-state index in [-0.39, 0.29) is 5.56 Å². The van der Waals surface area contributed by atoms with Crippen LogP contribution >= 0.6 is 0 Å². The summed E-state index contributed by atoms with van der Waals surface area (Å²) in [5.41, 5.74) is 0.960. The predicted molar refractivity (Wildman–Crippen MR) is 72.4 cm³/mol. The first-order chi connectivity index (χ1) is 9.31. The van der Waals surface area contributed by atoms with Gasteiger partial charge in [-0.05, 0) is 25.0 Å². The fourth-order valence-corrected chi connectivity index (χ4v) is 2.67. The molecule has 0 radical (unpaired) electrons. The Morgan fingerprint density at radius 3 is 2.79 bits per heavy atom. The van der Waals surface area contributed by atoms with Gasteiger partial charge in [-0.1, -0.05) is 19.1 Å². The second kappa shape index (κ2) is 3.66. The van der Waals surface area contributed by atoms with Gasteiger partial charge in [0.05, 0.1) is 10.9 Å². The van der Waals surface area contributed by atoms with Crippen molar-refractivity contribution in [3.8, 4) is 0 Å². The first-order valence-electron chi connectivity index (χ1n) is 6.68. The Morgan fingerprint density at radius 1 is 1.26 bits per heavy atom. The fourth-order valence-electron chi connectivity index (χ4n) is 2.67. The van der Waals surface area contributed by atoms with E-state index < -0.39 is 0 Å². The summed E-state index contributed by atoms with van der Waals surface area (Å²) in [5, 5.41) is 9.21. The quantitative estimate of drug-likeness (QED) is 0.702. The lowest BCUT2D eigenvalue weighted by atomic mass is 10.2. The molecule has 0 N–H and O–H groups in total. The number of benzene rings is 1. The summed E-state index contributed by atoms with van der Waals surface area (Å²) in [5.74, 6) is 1.59. The molecular weight excluding hydrogens is 240 g/mol. The SMILES string of the molecule is CCc1nnc2n(C3CC3)c(=O)c3ccccc3n12. The molecule has 0 amide bonds. The molecule has 1 aliphatic rings. The lowest BCUT2D eigenvalue weighted by Crippen LogP contribution is -2.22. The Balaban J connectivity index is 2.28. The minimum absolute atomic E-state index is 0.0562. The third-order valence-electron chi connectivity index (χ3n) is 3.75. The van der Waals surface area contributed by atoms with Crippen molar-refractivity contribution in [1.29, 1.82) is 0 Å². The maximum atomic E-state index is 12.6. The first kappa shape index (κ1) is 10.7. The van der Waals surface area contributed by atoms with Gasteiger partial charge in [0, 0.05) is 12.5 Å². The molecule has 0 bridgehead atoms. The van der Waals surface area contributed by atoms with E-state index in [1.807, 2.05) is 33.2 Å². The van der Waals surface area contributed by atoms with E-state index in [0.29, 0.717) is 11.8 Å². The predicted octanol–water partition coefficient (Wildman–Crippen LogP) is 1.94. The molecule has 1 aliphatic carbocycles. The number of hydrogen-bond donors (Lipinski definition) is 0. The van der Waals surface area contributed by atoms with Gasteiger partial charge in [-0.25, -0.2) is 0 Å². The fraction of sp³-hybridized carbons (Fsp3) is 0.357. The Hall–Kier alpha value is -2.17. The second-order valence-corrected chi connectivity index (χ2v) is 5.03. The van der Waals surface area contributed by atoms with Crippen LogP contribution in [0.1, 0.15) is 31.6 Å². The van der Waals surface area contributed by atoms with E-state index in [2.05, 4.69) is 17.1 Å². The number of fused-ring (bicyclic) bond motifs is 3. The van der Waals surface area contributed by atoms with Crippen LogP contribution in [0.15, 0.2) is 29.1 Å². The Kier molecular flexibility index (Phi) is 2.07. The van der Waals surface area contributed by atoms with Gasteiger partial charge in [-0.2, -0.15) is 0 Å². The maximum Gasteiger partial charge on any atom is 0.263 e. The second-order valence-electron chi connectivity index (χ2n) is 5.03. The van der Waals surface area contributed by atoms with Gasteiger partial charge in [0.15, 0.2) is 0 Å². The zero-order valence-electron chi connectivity index (χ0n) is 10.7. The van der Waals surface area contributed by atoms with Gasteiger partial charge in [-0.3, -0.25) is 13.8 Å². The van der Waals surface area contributed by atoms with Crippen molar-refractivity contribution >= 4 is 16.7 Å². The van der Waals surface area contributed by atoms with Crippen LogP contribution in [0.3, 0.4) is 0 Å². The molecule has 1 aromatic carbocycles. The monoisotopic (exact) mass is 254 g/mol. The van der Waals surface area contributed by atoms with Crippen molar-refractivity contribution in [2.75, 3.05) is 0 Å². The molecule has 5 nitrogen and oxygen atoms in total. The highest BCUT2D eigenvalue weighted by molar-refractivity contribution is 5.80. The van der Waals surface area contributed by atoms with E-state index in [9.17, 15) is 4.79 Å². The van der Waals surface area contributed by atoms with Crippen molar-refractivity contribution < 1.29 is 0 Å². The lowest BCUT2D eigenvalue weighted by molar-refractivity contribution is 0.715. The van der Waals surface area contributed by atoms with E-state index in [0.717, 1.165) is 36.0 Å². The van der Waals surface area contributed by atoms with Crippen molar-refractivity contribution in [2.24, 2.45) is 0 Å². The van der Waals surface area contributed by atoms with Crippen LogP contribution < -0.4 is 5.56 Å². The Morgan fingerprint density at radius 2 is 2.05 bits per heavy atom. The van der Waals surface area contributed by atoms with Gasteiger partial charge in [0.1, 0.15) is 5.82 Å². The summed E-state index contributed by atoms with van der Waals surface area (Å²) >= 11 is 0. The zero-order valence-corrected chi connectivity index (χ0v) is 10.7. The molecule has 2 aromatic heterocycles. The summed E-state index contributed by atoms with van der Waals surface area (Å²) < 4.78 is 3.84. The highest BCUT2D eigenvalue weighted by Gasteiger charge is 2.29. The van der Waals surface area contributed by atoms with Crippen LogP contribution in [0, 0.1) is 0 Å². The minimum atomic E-state index is 0.0562. The highest BCUT2D eigenvalue weighted by Crippen LogP contribution is 2.35. The molecule has 0 unspecified atom stereocenters. The molecule has 0 spiro atoms. The molecule has 2 heterocycles. The van der Waals surface area contributed by atoms with E-state index in [4.69, 9.17) is 0 Å². The zero-order chi connectivity index (χ0) is 13.0. The van der Waals surface area contributed by atoms with Crippen LogP contribution in [0.25, 0.3) is 16.7 Å². The average molecular weight is 254 g/mol. The van der Waals surface area contributed by atoms with E-state index in [1.54, 1.807) is 0 Å². The molecule has 1 saturated carbocycles. The van der Waals surface area contributed by atoms with E-state index in [1.165, 1.54) is 0 Å². The minimum Gasteiger partial charge on any atom is -0.273 e. The van der Waals surface area contributed by atoms with E-state index >= 15 is 0 Å². The van der Waals surface area contributed by atoms with Crippen molar-refractivity contribution in [3.05, 3.63) is 40.4 Å². The molecule has 5 heteroatoms. The number of rotatable bonds is 2. The van der Waals surface area contributed by atoms with Gasteiger partial charge in [0.25, 0.3) is 5.56 Å². The number of nitrogens with zero attached hydrogens (tertiary/aromatic N) is 4. The number of aromatic nitrogens is 4. The molecule has 1 fully saturated rings. The topological polar surface area (TPSA) is 52.2 Å². The number of hydrogen-bond acceptors (Lipinski definition) is 3. The largest absolute Gasteiger partial charge is 0.273 e. The van der Waals surface area contributed by atoms with Gasteiger partial charge in [0.2, 0.25) is 5.78 Å². The molecule has 0 atom stereocenters. The van der Waals surface area contributed by atoms with Crippen LogP contribution in [0.4, 0.5) is 0 Å². The van der Waals surface area contributed by atoms with Gasteiger partial charge < -0.3 is 0 Å². The molecule has 4 rings (SSSR count). The Labute approximate surface area is 109 Å². The average Bonchev–Trinajstić information content (AvgIpc) is 3.18. The molecular formula is C14H14N4O. The standard InChI is InChI=1S/C14H14N4O/c1-2-12-15-16-14-17(9-7-8-9)13(19)10-5-3-4-6-11(10)18(12)14/h3-6,9H,2,7-8H2,1H3. The molecule has 19 heavy (non-hydrogen) atoms. The lowest BCUT2D eigenvalue weighted by Gasteiger charge is -2.09. The molecule has 96 valence electrons. The summed E-state index contributed by atoms with van der Waals surface area (Å²) in [6.07, 6.45) is 2.92. The normalized spacial score (nSPS) is 15.4. The first-order valence-corrected chi connectivity index (χ1v) is 6.68. The summed E-state index contributed by atoms with van der Waals surface area (Å²) in [7, 11) is 0. The summed E-state index contributed by atoms with van der Waals surface area (Å²) in [4.78, 5) is 12.6. The van der Waals surface area contributed by atoms with Crippen LogP contribution in [0.2, 0.25) is 0 Å². The van der Waals surface area contributed by atoms with Crippen LogP contribution in [-0.4, -0.2) is 19.2 Å². The highest BCUT2D eigenvalue weighted by atomic mass is 16.1. The van der Waals surface area contributed by atoms with Crippen molar-refractivity contribution in [3.63, 3.8) is 0 Å². The van der Waals surface area contributed by atoms with Gasteiger partial charge >= 0.3 is 0 Å². The summed E-state index contributed by atoms with van der Waals surface area (Å²) in [6, 6.07) is 8.00. The third kappa shape index (κ3) is 1.38. The van der Waals surface area contributed by atoms with Crippen LogP contribution in [0.5, 0.6) is 0 Å². The molecule has 0 aliphatic heterocycles. The summed E-state index contributed by atoms with van der Waals surface area (Å²) in [6.45, 7) is 2.05. The third-order valence-corrected chi connectivity index (χ3v) is 3.75. The van der Waals surface area contributed by atoms with Crippen molar-refractivity contribution in [2.45, 2.75) is 32.2 Å². The van der Waals surface area contributed by atoms with Crippen LogP contribution in [-0.2, 0) is 6.42 Å². The van der Waals surface area contributed by atoms with Crippen molar-refractivity contribution in [1.82, 2.24) is 19.2 Å².